The number of rotatable bonds is 4. The first-order valence-corrected chi connectivity index (χ1v) is 12.1. The first-order valence-electron chi connectivity index (χ1n) is 12.1. The lowest BCUT2D eigenvalue weighted by molar-refractivity contribution is -0.131. The third-order valence-corrected chi connectivity index (χ3v) is 7.65. The van der Waals surface area contributed by atoms with Crippen molar-refractivity contribution in [3.05, 3.63) is 66.0 Å². The smallest absolute Gasteiger partial charge is 0.257 e. The molecule has 2 aromatic heterocycles. The van der Waals surface area contributed by atoms with E-state index in [0.29, 0.717) is 37.2 Å². The molecular formula is C27H27N5O3. The molecular weight excluding hydrogens is 442 g/mol. The van der Waals surface area contributed by atoms with Crippen molar-refractivity contribution in [3.8, 4) is 0 Å². The van der Waals surface area contributed by atoms with Gasteiger partial charge in [-0.15, -0.1) is 0 Å². The Balaban J connectivity index is 1.17. The number of aromatic amines is 1. The number of H-pyrrole nitrogens is 1. The van der Waals surface area contributed by atoms with Crippen molar-refractivity contribution in [2.24, 2.45) is 0 Å². The van der Waals surface area contributed by atoms with Gasteiger partial charge in [0, 0.05) is 55.8 Å². The number of carbonyl (C=O) groups is 3. The Bertz CT molecular complexity index is 1390. The molecule has 1 fully saturated rings. The van der Waals surface area contributed by atoms with Gasteiger partial charge < -0.3 is 14.8 Å². The summed E-state index contributed by atoms with van der Waals surface area (Å²) in [5.41, 5.74) is 3.67. The van der Waals surface area contributed by atoms with E-state index < -0.39 is 5.66 Å². The van der Waals surface area contributed by atoms with E-state index in [-0.39, 0.29) is 30.7 Å². The topological polar surface area (TPSA) is 89.6 Å². The zero-order chi connectivity index (χ0) is 24.2. The predicted octanol–water partition coefficient (Wildman–Crippen LogP) is 3.57. The number of nitrogens with one attached hydrogen (secondary N) is 1. The van der Waals surface area contributed by atoms with Gasteiger partial charge in [-0.3, -0.25) is 19.3 Å². The van der Waals surface area contributed by atoms with Crippen LogP contribution in [0.4, 0.5) is 5.69 Å². The third-order valence-electron chi connectivity index (χ3n) is 7.65. The highest BCUT2D eigenvalue weighted by Gasteiger charge is 2.52. The number of amides is 3. The minimum Gasteiger partial charge on any atom is -0.346 e. The summed E-state index contributed by atoms with van der Waals surface area (Å²) in [6.07, 6.45) is 7.81. The molecule has 0 radical (unpaired) electrons. The molecule has 0 spiro atoms. The Hall–Kier alpha value is -3.94. The summed E-state index contributed by atoms with van der Waals surface area (Å²) in [4.78, 5) is 52.1. The third kappa shape index (κ3) is 3.35. The van der Waals surface area contributed by atoms with E-state index in [0.717, 1.165) is 23.0 Å². The number of hydrogen-bond acceptors (Lipinski definition) is 4. The van der Waals surface area contributed by atoms with Gasteiger partial charge in [-0.05, 0) is 49.6 Å². The normalized spacial score (nSPS) is 21.9. The summed E-state index contributed by atoms with van der Waals surface area (Å²) in [6.45, 7) is 3.39. The van der Waals surface area contributed by atoms with Gasteiger partial charge in [0.2, 0.25) is 11.8 Å². The van der Waals surface area contributed by atoms with Crippen LogP contribution in [0.2, 0.25) is 0 Å². The molecule has 3 aliphatic rings. The average Bonchev–Trinajstić information content (AvgIpc) is 3.45. The summed E-state index contributed by atoms with van der Waals surface area (Å²) in [5, 5.41) is 1.09. The molecule has 1 atom stereocenters. The van der Waals surface area contributed by atoms with Crippen LogP contribution in [-0.4, -0.2) is 62.8 Å². The second-order valence-corrected chi connectivity index (χ2v) is 9.59. The largest absolute Gasteiger partial charge is 0.346 e. The molecule has 5 heterocycles. The zero-order valence-electron chi connectivity index (χ0n) is 19.7. The highest BCUT2D eigenvalue weighted by atomic mass is 16.2. The van der Waals surface area contributed by atoms with Crippen LogP contribution in [0, 0.1) is 0 Å². The van der Waals surface area contributed by atoms with Gasteiger partial charge in [0.05, 0.1) is 11.3 Å². The summed E-state index contributed by atoms with van der Waals surface area (Å²) in [7, 11) is 0. The van der Waals surface area contributed by atoms with Crippen molar-refractivity contribution >= 4 is 40.0 Å². The molecule has 1 unspecified atom stereocenters. The molecule has 3 aromatic rings. The predicted molar refractivity (Wildman–Crippen MR) is 132 cm³/mol. The monoisotopic (exact) mass is 469 g/mol. The number of nitrogens with zero attached hydrogens (tertiary/aromatic N) is 4. The van der Waals surface area contributed by atoms with E-state index in [1.807, 2.05) is 42.3 Å². The SMILES string of the molecule is CC12CCC(=O)N1c1ccccc1C(=O)N2CCC(=O)N1CC=C(c2c[nH]c3ncccc23)CC1. The van der Waals surface area contributed by atoms with Crippen LogP contribution in [0.5, 0.6) is 0 Å². The zero-order valence-corrected chi connectivity index (χ0v) is 19.7. The molecule has 3 aliphatic heterocycles. The lowest BCUT2D eigenvalue weighted by Crippen LogP contribution is -2.62. The minimum absolute atomic E-state index is 0.0185. The van der Waals surface area contributed by atoms with Gasteiger partial charge in [-0.25, -0.2) is 4.98 Å². The Morgan fingerprint density at radius 3 is 2.80 bits per heavy atom. The van der Waals surface area contributed by atoms with Crippen molar-refractivity contribution in [1.29, 1.82) is 0 Å². The molecule has 35 heavy (non-hydrogen) atoms. The highest BCUT2D eigenvalue weighted by Crippen LogP contribution is 2.44. The number of benzene rings is 1. The van der Waals surface area contributed by atoms with Gasteiger partial charge in [-0.2, -0.15) is 0 Å². The molecule has 1 saturated heterocycles. The molecule has 0 saturated carbocycles. The molecule has 3 amide bonds. The van der Waals surface area contributed by atoms with Crippen LogP contribution in [0.25, 0.3) is 16.6 Å². The number of aromatic nitrogens is 2. The van der Waals surface area contributed by atoms with Crippen molar-refractivity contribution in [3.63, 3.8) is 0 Å². The summed E-state index contributed by atoms with van der Waals surface area (Å²) in [6, 6.07) is 11.2. The quantitative estimate of drug-likeness (QED) is 0.633. The van der Waals surface area contributed by atoms with Crippen molar-refractivity contribution in [1.82, 2.24) is 19.8 Å². The maximum atomic E-state index is 13.4. The number of fused-ring (bicyclic) bond motifs is 4. The van der Waals surface area contributed by atoms with Gasteiger partial charge in [-0.1, -0.05) is 18.2 Å². The van der Waals surface area contributed by atoms with Crippen molar-refractivity contribution in [2.75, 3.05) is 24.5 Å². The molecule has 0 aliphatic carbocycles. The van der Waals surface area contributed by atoms with Gasteiger partial charge in [0.1, 0.15) is 11.3 Å². The second-order valence-electron chi connectivity index (χ2n) is 9.59. The molecule has 8 heteroatoms. The van der Waals surface area contributed by atoms with E-state index in [9.17, 15) is 14.4 Å². The molecule has 8 nitrogen and oxygen atoms in total. The number of anilines is 1. The minimum atomic E-state index is -0.735. The standard InChI is InChI=1S/C27H27N5O3/c1-27-12-8-24(34)32(27)22-7-3-2-5-20(22)26(35)31(27)16-11-23(33)30-14-9-18(10-15-30)21-17-29-25-19(21)6-4-13-28-25/h2-7,9,13,17H,8,10-12,14-16H2,1H3,(H,28,29). The average molecular weight is 470 g/mol. The van der Waals surface area contributed by atoms with Gasteiger partial charge >= 0.3 is 0 Å². The van der Waals surface area contributed by atoms with Gasteiger partial charge in [0.25, 0.3) is 5.91 Å². The van der Waals surface area contributed by atoms with Crippen LogP contribution >= 0.6 is 0 Å². The number of para-hydroxylation sites is 1. The molecule has 1 aromatic carbocycles. The van der Waals surface area contributed by atoms with Crippen LogP contribution in [0.3, 0.4) is 0 Å². The lowest BCUT2D eigenvalue weighted by Gasteiger charge is -2.48. The summed E-state index contributed by atoms with van der Waals surface area (Å²) >= 11 is 0. The first kappa shape index (κ1) is 21.6. The van der Waals surface area contributed by atoms with Gasteiger partial charge in [0.15, 0.2) is 0 Å². The Labute approximate surface area is 203 Å². The number of pyridine rings is 1. The molecule has 1 N–H and O–H groups in total. The fraction of sp³-hybridized carbons (Fsp3) is 0.333. The fourth-order valence-electron chi connectivity index (χ4n) is 5.77. The lowest BCUT2D eigenvalue weighted by atomic mass is 9.97. The molecule has 0 bridgehead atoms. The summed E-state index contributed by atoms with van der Waals surface area (Å²) in [5.74, 6) is -0.0763. The fourth-order valence-corrected chi connectivity index (χ4v) is 5.77. The Morgan fingerprint density at radius 2 is 1.97 bits per heavy atom. The first-order chi connectivity index (χ1) is 17.0. The summed E-state index contributed by atoms with van der Waals surface area (Å²) < 4.78 is 0. The van der Waals surface area contributed by atoms with E-state index in [2.05, 4.69) is 22.1 Å². The van der Waals surface area contributed by atoms with Crippen molar-refractivity contribution in [2.45, 2.75) is 38.3 Å². The van der Waals surface area contributed by atoms with Crippen LogP contribution in [-0.2, 0) is 9.59 Å². The molecule has 6 rings (SSSR count). The number of hydrogen-bond donors (Lipinski definition) is 1. The number of carbonyl (C=O) groups excluding carboxylic acids is 3. The van der Waals surface area contributed by atoms with Crippen LogP contribution < -0.4 is 4.90 Å². The Kier molecular flexibility index (Phi) is 4.98. The second kappa shape index (κ2) is 8.08. The van der Waals surface area contributed by atoms with E-state index >= 15 is 0 Å². The van der Waals surface area contributed by atoms with Crippen LogP contribution in [0.15, 0.2) is 54.9 Å². The maximum Gasteiger partial charge on any atom is 0.257 e. The Morgan fingerprint density at radius 1 is 1.11 bits per heavy atom. The molecule has 178 valence electrons. The maximum absolute atomic E-state index is 13.4. The van der Waals surface area contributed by atoms with E-state index in [1.54, 1.807) is 22.1 Å². The van der Waals surface area contributed by atoms with E-state index in [4.69, 9.17) is 0 Å². The highest BCUT2D eigenvalue weighted by molar-refractivity contribution is 6.10. The van der Waals surface area contributed by atoms with Crippen LogP contribution in [0.1, 0.15) is 48.5 Å². The van der Waals surface area contributed by atoms with E-state index in [1.165, 1.54) is 5.57 Å². The van der Waals surface area contributed by atoms with Crippen molar-refractivity contribution < 1.29 is 14.4 Å².